The summed E-state index contributed by atoms with van der Waals surface area (Å²) in [5.41, 5.74) is 0.679. The Bertz CT molecular complexity index is 306. The fourth-order valence-electron chi connectivity index (χ4n) is 0.951. The monoisotopic (exact) mass is 224 g/mol. The molecule has 0 saturated carbocycles. The third kappa shape index (κ3) is 5.32. The lowest BCUT2D eigenvalue weighted by atomic mass is 10.2. The molecule has 0 unspecified atom stereocenters. The minimum absolute atomic E-state index is 0. The van der Waals surface area contributed by atoms with Gasteiger partial charge in [-0.25, -0.2) is 0 Å². The zero-order valence-electron chi connectivity index (χ0n) is 8.87. The second kappa shape index (κ2) is 5.65. The van der Waals surface area contributed by atoms with E-state index in [4.69, 9.17) is 0 Å². The van der Waals surface area contributed by atoms with E-state index >= 15 is 0 Å². The Kier molecular flexibility index (Phi) is 5.21. The van der Waals surface area contributed by atoms with Crippen LogP contribution < -0.4 is 5.32 Å². The number of nitrogens with one attached hydrogen (secondary N) is 1. The lowest BCUT2D eigenvalue weighted by Gasteiger charge is -2.16. The third-order valence-electron chi connectivity index (χ3n) is 1.72. The fraction of sp³-hybridized carbons (Fsp3) is 0.455. The number of carbonyl (C=O) groups is 1. The van der Waals surface area contributed by atoms with E-state index in [2.05, 4.69) is 29.9 Å². The number of rotatable bonds is 3. The summed E-state index contributed by atoms with van der Waals surface area (Å²) in [6, 6.07) is 3.44. The molecule has 0 aliphatic rings. The molecule has 0 aliphatic carbocycles. The van der Waals surface area contributed by atoms with Gasteiger partial charge in [-0.05, 0) is 12.1 Å². The highest BCUT2D eigenvalue weighted by atomic mass is 28.3. The van der Waals surface area contributed by atoms with Crippen LogP contribution in [0.1, 0.15) is 17.8 Å². The topological polar surface area (TPSA) is 42.0 Å². The maximum absolute atomic E-state index is 11.6. The van der Waals surface area contributed by atoms with Crippen molar-refractivity contribution in [2.24, 2.45) is 0 Å². The van der Waals surface area contributed by atoms with Gasteiger partial charge in [0.25, 0.3) is 5.91 Å². The van der Waals surface area contributed by atoms with E-state index in [1.807, 2.05) is 0 Å². The highest BCUT2D eigenvalue weighted by Gasteiger charge is 2.14. The molecule has 1 aromatic heterocycles. The largest absolute Gasteiger partial charge is 0.355 e. The summed E-state index contributed by atoms with van der Waals surface area (Å²) in [5, 5.41) is 2.93. The van der Waals surface area contributed by atoms with Crippen molar-refractivity contribution in [3.63, 3.8) is 0 Å². The van der Waals surface area contributed by atoms with Crippen LogP contribution >= 0.6 is 0 Å². The first-order chi connectivity index (χ1) is 6.49. The molecular weight excluding hydrogens is 204 g/mol. The molecule has 1 heterocycles. The zero-order chi connectivity index (χ0) is 10.6. The van der Waals surface area contributed by atoms with Crippen LogP contribution in [0.3, 0.4) is 0 Å². The van der Waals surface area contributed by atoms with Gasteiger partial charge in [0.15, 0.2) is 0 Å². The molecule has 1 aromatic rings. The lowest BCUT2D eigenvalue weighted by molar-refractivity contribution is 0.0959. The molecule has 0 saturated heterocycles. The first-order valence-corrected chi connectivity index (χ1v) is 8.38. The van der Waals surface area contributed by atoms with E-state index < -0.39 is 8.07 Å². The minimum Gasteiger partial charge on any atom is -0.355 e. The average Bonchev–Trinajstić information content (AvgIpc) is 2.14. The standard InChI is InChI=1S/C10H16N2OSi.CH4/c1-14(2,3)8-12-10(13)9-4-6-11-7-5-9;/h4-7H,8H2,1-3H3,(H,12,13);1H4. The molecule has 84 valence electrons. The quantitative estimate of drug-likeness (QED) is 0.801. The van der Waals surface area contributed by atoms with Crippen LogP contribution in [-0.4, -0.2) is 25.1 Å². The van der Waals surface area contributed by atoms with Gasteiger partial charge in [-0.3, -0.25) is 9.78 Å². The number of amides is 1. The van der Waals surface area contributed by atoms with Crippen molar-refractivity contribution in [2.75, 3.05) is 6.17 Å². The van der Waals surface area contributed by atoms with Crippen molar-refractivity contribution in [1.82, 2.24) is 10.3 Å². The molecule has 0 aliphatic heterocycles. The zero-order valence-corrected chi connectivity index (χ0v) is 9.87. The molecule has 0 aromatic carbocycles. The van der Waals surface area contributed by atoms with E-state index in [0.717, 1.165) is 6.17 Å². The Balaban J connectivity index is 0.00000196. The molecule has 3 nitrogen and oxygen atoms in total. The number of hydrogen-bond acceptors (Lipinski definition) is 2. The van der Waals surface area contributed by atoms with Crippen molar-refractivity contribution in [2.45, 2.75) is 27.1 Å². The minimum atomic E-state index is -1.20. The summed E-state index contributed by atoms with van der Waals surface area (Å²) in [4.78, 5) is 15.4. The molecule has 15 heavy (non-hydrogen) atoms. The summed E-state index contributed by atoms with van der Waals surface area (Å²) in [6.07, 6.45) is 4.07. The van der Waals surface area contributed by atoms with E-state index in [9.17, 15) is 4.79 Å². The molecule has 0 atom stereocenters. The third-order valence-corrected chi connectivity index (χ3v) is 2.96. The highest BCUT2D eigenvalue weighted by Crippen LogP contribution is 2.00. The lowest BCUT2D eigenvalue weighted by Crippen LogP contribution is -2.39. The maximum Gasteiger partial charge on any atom is 0.251 e. The average molecular weight is 224 g/mol. The van der Waals surface area contributed by atoms with Gasteiger partial charge in [-0.1, -0.05) is 27.1 Å². The first kappa shape index (κ1) is 13.8. The van der Waals surface area contributed by atoms with Crippen LogP contribution in [0.25, 0.3) is 0 Å². The van der Waals surface area contributed by atoms with Gasteiger partial charge in [0.1, 0.15) is 0 Å². The predicted molar refractivity (Wildman–Crippen MR) is 66.6 cm³/mol. The Morgan fingerprint density at radius 1 is 1.33 bits per heavy atom. The molecule has 0 bridgehead atoms. The normalized spacial score (nSPS) is 10.3. The van der Waals surface area contributed by atoms with Crippen molar-refractivity contribution in [1.29, 1.82) is 0 Å². The molecule has 4 heteroatoms. The highest BCUT2D eigenvalue weighted by molar-refractivity contribution is 6.76. The smallest absolute Gasteiger partial charge is 0.251 e. The van der Waals surface area contributed by atoms with Gasteiger partial charge in [-0.2, -0.15) is 0 Å². The number of nitrogens with zero attached hydrogens (tertiary/aromatic N) is 1. The Morgan fingerprint density at radius 3 is 2.33 bits per heavy atom. The van der Waals surface area contributed by atoms with Crippen LogP contribution in [0.15, 0.2) is 24.5 Å². The van der Waals surface area contributed by atoms with Crippen molar-refractivity contribution in [3.05, 3.63) is 30.1 Å². The van der Waals surface area contributed by atoms with E-state index in [1.54, 1.807) is 24.5 Å². The molecular formula is C11H20N2OSi. The fourth-order valence-corrected chi connectivity index (χ4v) is 1.64. The van der Waals surface area contributed by atoms with Gasteiger partial charge in [0.05, 0.1) is 8.07 Å². The molecule has 0 radical (unpaired) electrons. The summed E-state index contributed by atoms with van der Waals surface area (Å²) in [7, 11) is -1.20. The summed E-state index contributed by atoms with van der Waals surface area (Å²) < 4.78 is 0. The SMILES string of the molecule is C.C[Si](C)(C)CNC(=O)c1ccncc1. The van der Waals surface area contributed by atoms with Gasteiger partial charge in [0, 0.05) is 24.1 Å². The van der Waals surface area contributed by atoms with E-state index in [1.165, 1.54) is 0 Å². The van der Waals surface area contributed by atoms with E-state index in [0.29, 0.717) is 5.56 Å². The summed E-state index contributed by atoms with van der Waals surface area (Å²) in [6.45, 7) is 6.67. The Labute approximate surface area is 92.9 Å². The molecule has 1 N–H and O–H groups in total. The second-order valence-electron chi connectivity index (χ2n) is 4.48. The Morgan fingerprint density at radius 2 is 1.87 bits per heavy atom. The van der Waals surface area contributed by atoms with Gasteiger partial charge < -0.3 is 5.32 Å². The van der Waals surface area contributed by atoms with Crippen LogP contribution in [0, 0.1) is 0 Å². The van der Waals surface area contributed by atoms with Crippen LogP contribution in [-0.2, 0) is 0 Å². The van der Waals surface area contributed by atoms with Gasteiger partial charge in [0.2, 0.25) is 0 Å². The molecule has 1 rings (SSSR count). The van der Waals surface area contributed by atoms with Crippen LogP contribution in [0.5, 0.6) is 0 Å². The number of carbonyl (C=O) groups excluding carboxylic acids is 1. The molecule has 0 fully saturated rings. The molecule has 1 amide bonds. The van der Waals surface area contributed by atoms with E-state index in [-0.39, 0.29) is 13.3 Å². The Hall–Kier alpha value is -1.16. The molecule has 0 spiro atoms. The number of pyridine rings is 1. The maximum atomic E-state index is 11.6. The van der Waals surface area contributed by atoms with Crippen LogP contribution in [0.2, 0.25) is 19.6 Å². The van der Waals surface area contributed by atoms with Crippen molar-refractivity contribution in [3.8, 4) is 0 Å². The predicted octanol–water partition coefficient (Wildman–Crippen LogP) is 2.32. The van der Waals surface area contributed by atoms with Crippen LogP contribution in [0.4, 0.5) is 0 Å². The number of aromatic nitrogens is 1. The van der Waals surface area contributed by atoms with Gasteiger partial charge >= 0.3 is 0 Å². The summed E-state index contributed by atoms with van der Waals surface area (Å²) >= 11 is 0. The van der Waals surface area contributed by atoms with Crippen molar-refractivity contribution < 1.29 is 4.79 Å². The summed E-state index contributed by atoms with van der Waals surface area (Å²) in [5.74, 6) is -0.00479. The van der Waals surface area contributed by atoms with Crippen molar-refractivity contribution >= 4 is 14.0 Å². The second-order valence-corrected chi connectivity index (χ2v) is 9.95. The number of hydrogen-bond donors (Lipinski definition) is 1. The first-order valence-electron chi connectivity index (χ1n) is 4.67. The van der Waals surface area contributed by atoms with Gasteiger partial charge in [-0.15, -0.1) is 0 Å².